The lowest BCUT2D eigenvalue weighted by Gasteiger charge is -2.13. The smallest absolute Gasteiger partial charge is 0.109 e. The molecule has 1 aliphatic heterocycles. The van der Waals surface area contributed by atoms with E-state index in [0.717, 1.165) is 47.9 Å². The number of halogens is 1. The molecule has 2 heterocycles. The van der Waals surface area contributed by atoms with Crippen LogP contribution in [0.5, 0.6) is 0 Å². The number of imidazole rings is 1. The average molecular weight is 265 g/mol. The van der Waals surface area contributed by atoms with E-state index < -0.39 is 0 Å². The molecule has 0 saturated carbocycles. The maximum absolute atomic E-state index is 6.09. The first-order valence-electron chi connectivity index (χ1n) is 6.54. The molecule has 1 fully saturated rings. The summed E-state index contributed by atoms with van der Waals surface area (Å²) in [6.45, 7) is 3.91. The van der Waals surface area contributed by atoms with Gasteiger partial charge in [-0.25, -0.2) is 4.98 Å². The minimum Gasteiger partial charge on any atom is -0.376 e. The maximum Gasteiger partial charge on any atom is 0.109 e. The van der Waals surface area contributed by atoms with Gasteiger partial charge >= 0.3 is 0 Å². The van der Waals surface area contributed by atoms with Gasteiger partial charge in [-0.1, -0.05) is 18.5 Å². The zero-order valence-corrected chi connectivity index (χ0v) is 11.3. The highest BCUT2D eigenvalue weighted by atomic mass is 35.5. The lowest BCUT2D eigenvalue weighted by molar-refractivity contribution is 0.0972. The Labute approximate surface area is 112 Å². The normalized spacial score (nSPS) is 19.8. The summed E-state index contributed by atoms with van der Waals surface area (Å²) in [7, 11) is 0. The first-order valence-corrected chi connectivity index (χ1v) is 6.92. The minimum atomic E-state index is 0.326. The molecule has 3 rings (SSSR count). The van der Waals surface area contributed by atoms with Gasteiger partial charge in [-0.15, -0.1) is 0 Å². The quantitative estimate of drug-likeness (QED) is 0.849. The summed E-state index contributed by atoms with van der Waals surface area (Å²) < 4.78 is 7.98. The number of fused-ring (bicyclic) bond motifs is 1. The van der Waals surface area contributed by atoms with Crippen molar-refractivity contribution in [1.82, 2.24) is 9.55 Å². The molecule has 1 saturated heterocycles. The predicted molar refractivity (Wildman–Crippen MR) is 73.1 cm³/mol. The highest BCUT2D eigenvalue weighted by Gasteiger charge is 2.19. The highest BCUT2D eigenvalue weighted by molar-refractivity contribution is 6.31. The van der Waals surface area contributed by atoms with Gasteiger partial charge in [0.05, 0.1) is 23.7 Å². The van der Waals surface area contributed by atoms with Crippen LogP contribution in [-0.4, -0.2) is 22.3 Å². The summed E-state index contributed by atoms with van der Waals surface area (Å²) in [5, 5.41) is 0.763. The number of benzene rings is 1. The van der Waals surface area contributed by atoms with Crippen LogP contribution in [0.15, 0.2) is 18.2 Å². The molecular formula is C14H17ClN2O. The number of hydrogen-bond donors (Lipinski definition) is 0. The first kappa shape index (κ1) is 12.0. The van der Waals surface area contributed by atoms with Crippen LogP contribution in [0.1, 0.15) is 25.6 Å². The summed E-state index contributed by atoms with van der Waals surface area (Å²) in [6.07, 6.45) is 3.56. The van der Waals surface area contributed by atoms with Crippen molar-refractivity contribution in [2.75, 3.05) is 6.61 Å². The van der Waals surface area contributed by atoms with Crippen LogP contribution in [0.3, 0.4) is 0 Å². The van der Waals surface area contributed by atoms with E-state index >= 15 is 0 Å². The van der Waals surface area contributed by atoms with Crippen LogP contribution in [0.2, 0.25) is 5.02 Å². The van der Waals surface area contributed by atoms with Crippen LogP contribution < -0.4 is 0 Å². The molecule has 0 aliphatic carbocycles. The molecule has 1 aromatic carbocycles. The van der Waals surface area contributed by atoms with Crippen LogP contribution >= 0.6 is 11.6 Å². The number of hydrogen-bond acceptors (Lipinski definition) is 2. The van der Waals surface area contributed by atoms with Gasteiger partial charge in [0.25, 0.3) is 0 Å². The van der Waals surface area contributed by atoms with Gasteiger partial charge in [0.1, 0.15) is 5.82 Å². The van der Waals surface area contributed by atoms with Crippen LogP contribution in [-0.2, 0) is 17.7 Å². The zero-order chi connectivity index (χ0) is 12.5. The summed E-state index contributed by atoms with van der Waals surface area (Å²) in [4.78, 5) is 4.66. The molecule has 1 aromatic heterocycles. The second-order valence-electron chi connectivity index (χ2n) is 4.76. The molecule has 0 amide bonds. The van der Waals surface area contributed by atoms with Crippen molar-refractivity contribution in [3.8, 4) is 0 Å². The third-order valence-corrected chi connectivity index (χ3v) is 3.75. The van der Waals surface area contributed by atoms with Gasteiger partial charge in [0.15, 0.2) is 0 Å². The average Bonchev–Trinajstić information content (AvgIpc) is 2.98. The van der Waals surface area contributed by atoms with Gasteiger partial charge in [-0.05, 0) is 31.0 Å². The molecule has 96 valence electrons. The standard InChI is InChI=1S/C14H17ClN2O/c1-2-14-16-12-6-5-10(15)8-13(12)17(14)9-11-4-3-7-18-11/h5-6,8,11H,2-4,7,9H2,1H3. The number of rotatable bonds is 3. The largest absolute Gasteiger partial charge is 0.376 e. The second-order valence-corrected chi connectivity index (χ2v) is 5.20. The molecule has 0 N–H and O–H groups in total. The third-order valence-electron chi connectivity index (χ3n) is 3.52. The number of aromatic nitrogens is 2. The molecule has 0 radical (unpaired) electrons. The Bertz CT molecular complexity index is 558. The van der Waals surface area contributed by atoms with Crippen molar-refractivity contribution in [2.24, 2.45) is 0 Å². The predicted octanol–water partition coefficient (Wildman–Crippen LogP) is 3.43. The lowest BCUT2D eigenvalue weighted by atomic mass is 10.2. The van der Waals surface area contributed by atoms with E-state index in [1.807, 2.05) is 18.2 Å². The number of ether oxygens (including phenoxy) is 1. The van der Waals surface area contributed by atoms with E-state index in [4.69, 9.17) is 16.3 Å². The van der Waals surface area contributed by atoms with E-state index in [9.17, 15) is 0 Å². The van der Waals surface area contributed by atoms with E-state index in [1.165, 1.54) is 6.42 Å². The van der Waals surface area contributed by atoms with Crippen molar-refractivity contribution in [2.45, 2.75) is 38.8 Å². The van der Waals surface area contributed by atoms with E-state index in [-0.39, 0.29) is 0 Å². The van der Waals surface area contributed by atoms with Gasteiger partial charge < -0.3 is 9.30 Å². The molecule has 0 bridgehead atoms. The Morgan fingerprint density at radius 1 is 1.50 bits per heavy atom. The molecule has 1 atom stereocenters. The van der Waals surface area contributed by atoms with E-state index in [1.54, 1.807) is 0 Å². The zero-order valence-electron chi connectivity index (χ0n) is 10.5. The SMILES string of the molecule is CCc1nc2ccc(Cl)cc2n1CC1CCCO1. The molecule has 4 heteroatoms. The molecule has 0 spiro atoms. The molecule has 1 aliphatic rings. The van der Waals surface area contributed by atoms with Crippen molar-refractivity contribution in [1.29, 1.82) is 0 Å². The molecule has 1 unspecified atom stereocenters. The minimum absolute atomic E-state index is 0.326. The topological polar surface area (TPSA) is 27.1 Å². The van der Waals surface area contributed by atoms with Crippen LogP contribution in [0.4, 0.5) is 0 Å². The molecule has 18 heavy (non-hydrogen) atoms. The fraction of sp³-hybridized carbons (Fsp3) is 0.500. The van der Waals surface area contributed by atoms with Gasteiger partial charge in [-0.2, -0.15) is 0 Å². The summed E-state index contributed by atoms with van der Waals surface area (Å²) in [5.41, 5.74) is 2.14. The van der Waals surface area contributed by atoms with Crippen molar-refractivity contribution < 1.29 is 4.74 Å². The summed E-state index contributed by atoms with van der Waals surface area (Å²) >= 11 is 6.09. The molecular weight excluding hydrogens is 248 g/mol. The van der Waals surface area contributed by atoms with Gasteiger partial charge in [0, 0.05) is 18.1 Å². The third kappa shape index (κ3) is 2.13. The summed E-state index contributed by atoms with van der Waals surface area (Å²) in [6, 6.07) is 5.88. The first-order chi connectivity index (χ1) is 8.78. The fourth-order valence-corrected chi connectivity index (χ4v) is 2.78. The van der Waals surface area contributed by atoms with Crippen molar-refractivity contribution >= 4 is 22.6 Å². The Hall–Kier alpha value is -1.06. The van der Waals surface area contributed by atoms with Crippen molar-refractivity contribution in [3.05, 3.63) is 29.0 Å². The monoisotopic (exact) mass is 264 g/mol. The highest BCUT2D eigenvalue weighted by Crippen LogP contribution is 2.23. The Morgan fingerprint density at radius 2 is 2.39 bits per heavy atom. The maximum atomic E-state index is 6.09. The van der Waals surface area contributed by atoms with Gasteiger partial charge in [0.2, 0.25) is 0 Å². The van der Waals surface area contributed by atoms with Crippen LogP contribution in [0, 0.1) is 0 Å². The van der Waals surface area contributed by atoms with E-state index in [0.29, 0.717) is 6.10 Å². The Balaban J connectivity index is 2.03. The second kappa shape index (κ2) is 4.90. The summed E-state index contributed by atoms with van der Waals surface area (Å²) in [5.74, 6) is 1.11. The Morgan fingerprint density at radius 3 is 3.11 bits per heavy atom. The van der Waals surface area contributed by atoms with Crippen LogP contribution in [0.25, 0.3) is 11.0 Å². The Kier molecular flexibility index (Phi) is 3.27. The number of nitrogens with zero attached hydrogens (tertiary/aromatic N) is 2. The lowest BCUT2D eigenvalue weighted by Crippen LogP contribution is -2.16. The number of aryl methyl sites for hydroxylation is 1. The van der Waals surface area contributed by atoms with Gasteiger partial charge in [-0.3, -0.25) is 0 Å². The molecule has 3 nitrogen and oxygen atoms in total. The van der Waals surface area contributed by atoms with E-state index in [2.05, 4.69) is 16.5 Å². The molecule has 2 aromatic rings. The fourth-order valence-electron chi connectivity index (χ4n) is 2.61. The van der Waals surface area contributed by atoms with Crippen molar-refractivity contribution in [3.63, 3.8) is 0 Å².